The normalized spacial score (nSPS) is 12.6. The van der Waals surface area contributed by atoms with Crippen molar-refractivity contribution in [3.63, 3.8) is 0 Å². The first-order valence-corrected chi connectivity index (χ1v) is 4.61. The number of hydrogen-bond donors (Lipinski definition) is 2. The Bertz CT molecular complexity index is 332. The minimum absolute atomic E-state index is 0.171. The number of carbonyl (C=O) groups is 1. The Kier molecular flexibility index (Phi) is 3.24. The molecule has 1 amide bonds. The van der Waals surface area contributed by atoms with E-state index in [2.05, 4.69) is 10.4 Å². The van der Waals surface area contributed by atoms with Gasteiger partial charge in [-0.2, -0.15) is 5.10 Å². The number of amides is 1. The summed E-state index contributed by atoms with van der Waals surface area (Å²) in [6.45, 7) is 3.74. The quantitative estimate of drug-likeness (QED) is 0.735. The van der Waals surface area contributed by atoms with Crippen LogP contribution in [0.4, 0.5) is 5.82 Å². The van der Waals surface area contributed by atoms with Crippen molar-refractivity contribution in [2.75, 3.05) is 5.32 Å². The Balaban J connectivity index is 2.69. The number of carbonyl (C=O) groups excluding carboxylic acids is 1. The third kappa shape index (κ3) is 2.32. The highest BCUT2D eigenvalue weighted by molar-refractivity contribution is 5.93. The average Bonchev–Trinajstić information content (AvgIpc) is 2.44. The second-order valence-corrected chi connectivity index (χ2v) is 3.30. The van der Waals surface area contributed by atoms with E-state index in [1.54, 1.807) is 17.8 Å². The zero-order chi connectivity index (χ0) is 10.7. The van der Waals surface area contributed by atoms with Gasteiger partial charge in [0, 0.05) is 13.1 Å². The molecule has 78 valence electrons. The summed E-state index contributed by atoms with van der Waals surface area (Å²) in [6.07, 6.45) is 0.628. The molecule has 0 saturated carbocycles. The van der Waals surface area contributed by atoms with Gasteiger partial charge < -0.3 is 11.1 Å². The van der Waals surface area contributed by atoms with E-state index >= 15 is 0 Å². The maximum atomic E-state index is 11.4. The van der Waals surface area contributed by atoms with E-state index in [0.717, 1.165) is 5.69 Å². The largest absolute Gasteiger partial charge is 0.320 e. The number of nitrogens with two attached hydrogens (primary N) is 1. The molecular weight excluding hydrogens is 180 g/mol. The molecule has 0 aromatic carbocycles. The van der Waals surface area contributed by atoms with Crippen molar-refractivity contribution < 1.29 is 4.79 Å². The van der Waals surface area contributed by atoms with Crippen LogP contribution < -0.4 is 11.1 Å². The van der Waals surface area contributed by atoms with E-state index < -0.39 is 6.04 Å². The molecule has 0 fully saturated rings. The lowest BCUT2D eigenvalue weighted by atomic mass is 10.2. The summed E-state index contributed by atoms with van der Waals surface area (Å²) in [7, 11) is 1.78. The van der Waals surface area contributed by atoms with Gasteiger partial charge in [-0.1, -0.05) is 6.92 Å². The monoisotopic (exact) mass is 196 g/mol. The molecule has 14 heavy (non-hydrogen) atoms. The fourth-order valence-corrected chi connectivity index (χ4v) is 1.13. The van der Waals surface area contributed by atoms with E-state index in [4.69, 9.17) is 5.73 Å². The summed E-state index contributed by atoms with van der Waals surface area (Å²) < 4.78 is 1.62. The fourth-order valence-electron chi connectivity index (χ4n) is 1.13. The second-order valence-electron chi connectivity index (χ2n) is 3.30. The first-order chi connectivity index (χ1) is 6.54. The molecule has 0 aliphatic carbocycles. The van der Waals surface area contributed by atoms with Crippen molar-refractivity contribution in [1.29, 1.82) is 0 Å². The molecule has 1 aromatic rings. The van der Waals surface area contributed by atoms with E-state index in [9.17, 15) is 4.79 Å². The third-order valence-electron chi connectivity index (χ3n) is 2.03. The third-order valence-corrected chi connectivity index (χ3v) is 2.03. The van der Waals surface area contributed by atoms with Gasteiger partial charge >= 0.3 is 0 Å². The molecule has 1 heterocycles. The Morgan fingerprint density at radius 2 is 2.43 bits per heavy atom. The summed E-state index contributed by atoms with van der Waals surface area (Å²) in [5.41, 5.74) is 6.45. The zero-order valence-corrected chi connectivity index (χ0v) is 8.74. The Labute approximate surface area is 83.3 Å². The standard InChI is InChI=1S/C9H16N4O/c1-4-7(10)9(14)11-8-5-6(2)12-13(8)3/h5,7H,4,10H2,1-3H3,(H,11,14)/t7-/m0/s1. The van der Waals surface area contributed by atoms with Crippen molar-refractivity contribution >= 4 is 11.7 Å². The molecular formula is C9H16N4O. The van der Waals surface area contributed by atoms with Gasteiger partial charge in [-0.15, -0.1) is 0 Å². The van der Waals surface area contributed by atoms with Crippen LogP contribution in [0.5, 0.6) is 0 Å². The SMILES string of the molecule is CC[C@H](N)C(=O)Nc1cc(C)nn1C. The maximum absolute atomic E-state index is 11.4. The molecule has 1 aromatic heterocycles. The molecule has 0 bridgehead atoms. The van der Waals surface area contributed by atoms with E-state index in [1.165, 1.54) is 0 Å². The van der Waals surface area contributed by atoms with Crippen LogP contribution in [0.15, 0.2) is 6.07 Å². The molecule has 0 spiro atoms. The van der Waals surface area contributed by atoms with Gasteiger partial charge in [0.2, 0.25) is 5.91 Å². The van der Waals surface area contributed by atoms with Gasteiger partial charge in [-0.05, 0) is 13.3 Å². The molecule has 0 aliphatic rings. The number of nitrogens with one attached hydrogen (secondary N) is 1. The molecule has 5 heteroatoms. The summed E-state index contributed by atoms with van der Waals surface area (Å²) in [4.78, 5) is 11.4. The number of aryl methyl sites for hydroxylation is 2. The average molecular weight is 196 g/mol. The van der Waals surface area contributed by atoms with Crippen LogP contribution in [0.25, 0.3) is 0 Å². The van der Waals surface area contributed by atoms with Gasteiger partial charge in [0.15, 0.2) is 0 Å². The lowest BCUT2D eigenvalue weighted by Crippen LogP contribution is -2.35. The van der Waals surface area contributed by atoms with E-state index in [0.29, 0.717) is 12.2 Å². The van der Waals surface area contributed by atoms with Crippen molar-refractivity contribution in [2.45, 2.75) is 26.3 Å². The number of aromatic nitrogens is 2. The predicted molar refractivity (Wildman–Crippen MR) is 54.8 cm³/mol. The minimum Gasteiger partial charge on any atom is -0.320 e. The summed E-state index contributed by atoms with van der Waals surface area (Å²) >= 11 is 0. The molecule has 1 rings (SSSR count). The predicted octanol–water partition coefficient (Wildman–Crippen LogP) is 0.404. The van der Waals surface area contributed by atoms with Crippen LogP contribution >= 0.6 is 0 Å². The number of hydrogen-bond acceptors (Lipinski definition) is 3. The lowest BCUT2D eigenvalue weighted by molar-refractivity contribution is -0.117. The zero-order valence-electron chi connectivity index (χ0n) is 8.74. The molecule has 3 N–H and O–H groups in total. The van der Waals surface area contributed by atoms with Crippen LogP contribution in [0.3, 0.4) is 0 Å². The van der Waals surface area contributed by atoms with Crippen molar-refractivity contribution in [1.82, 2.24) is 9.78 Å². The van der Waals surface area contributed by atoms with Crippen molar-refractivity contribution in [2.24, 2.45) is 12.8 Å². The number of nitrogens with zero attached hydrogens (tertiary/aromatic N) is 2. The minimum atomic E-state index is -0.454. The Morgan fingerprint density at radius 3 is 2.86 bits per heavy atom. The molecule has 0 saturated heterocycles. The summed E-state index contributed by atoms with van der Waals surface area (Å²) in [5, 5.41) is 6.83. The maximum Gasteiger partial charge on any atom is 0.242 e. The molecule has 5 nitrogen and oxygen atoms in total. The van der Waals surface area contributed by atoms with Gasteiger partial charge in [0.05, 0.1) is 11.7 Å². The lowest BCUT2D eigenvalue weighted by Gasteiger charge is -2.09. The van der Waals surface area contributed by atoms with Crippen LogP contribution in [0.2, 0.25) is 0 Å². The van der Waals surface area contributed by atoms with Gasteiger partial charge in [-0.3, -0.25) is 9.48 Å². The molecule has 0 radical (unpaired) electrons. The van der Waals surface area contributed by atoms with Crippen LogP contribution in [-0.4, -0.2) is 21.7 Å². The smallest absolute Gasteiger partial charge is 0.242 e. The molecule has 0 unspecified atom stereocenters. The highest BCUT2D eigenvalue weighted by Gasteiger charge is 2.12. The van der Waals surface area contributed by atoms with Crippen LogP contribution in [0.1, 0.15) is 19.0 Å². The first-order valence-electron chi connectivity index (χ1n) is 4.61. The van der Waals surface area contributed by atoms with Crippen LogP contribution in [-0.2, 0) is 11.8 Å². The molecule has 1 atom stereocenters. The Hall–Kier alpha value is -1.36. The fraction of sp³-hybridized carbons (Fsp3) is 0.556. The topological polar surface area (TPSA) is 72.9 Å². The highest BCUT2D eigenvalue weighted by atomic mass is 16.2. The Morgan fingerprint density at radius 1 is 1.79 bits per heavy atom. The van der Waals surface area contributed by atoms with Crippen molar-refractivity contribution in [3.8, 4) is 0 Å². The van der Waals surface area contributed by atoms with E-state index in [1.807, 2.05) is 13.8 Å². The molecule has 0 aliphatic heterocycles. The number of anilines is 1. The number of rotatable bonds is 3. The van der Waals surface area contributed by atoms with Gasteiger partial charge in [0.25, 0.3) is 0 Å². The summed E-state index contributed by atoms with van der Waals surface area (Å²) in [6, 6.07) is 1.35. The highest BCUT2D eigenvalue weighted by Crippen LogP contribution is 2.08. The van der Waals surface area contributed by atoms with Gasteiger partial charge in [-0.25, -0.2) is 0 Å². The van der Waals surface area contributed by atoms with Crippen molar-refractivity contribution in [3.05, 3.63) is 11.8 Å². The van der Waals surface area contributed by atoms with E-state index in [-0.39, 0.29) is 5.91 Å². The summed E-state index contributed by atoms with van der Waals surface area (Å²) in [5.74, 6) is 0.506. The first kappa shape index (κ1) is 10.7. The second kappa shape index (κ2) is 4.23. The van der Waals surface area contributed by atoms with Crippen LogP contribution in [0, 0.1) is 6.92 Å². The van der Waals surface area contributed by atoms with Gasteiger partial charge in [0.1, 0.15) is 5.82 Å².